The molecular formula is C80H58. The van der Waals surface area contributed by atoms with E-state index in [-0.39, 0.29) is 10.8 Å². The van der Waals surface area contributed by atoms with Gasteiger partial charge in [-0.2, -0.15) is 0 Å². The Labute approximate surface area is 467 Å². The maximum absolute atomic E-state index is 2.59. The van der Waals surface area contributed by atoms with Gasteiger partial charge in [0, 0.05) is 10.8 Å². The van der Waals surface area contributed by atoms with E-state index in [4.69, 9.17) is 0 Å². The molecular weight excluding hydrogens is 961 g/mol. The molecule has 4 aliphatic carbocycles. The minimum absolute atomic E-state index is 0.0386. The molecule has 0 radical (unpaired) electrons. The summed E-state index contributed by atoms with van der Waals surface area (Å²) in [7, 11) is 0. The summed E-state index contributed by atoms with van der Waals surface area (Å²) in [6.07, 6.45) is 12.5. The summed E-state index contributed by atoms with van der Waals surface area (Å²) in [6.45, 7) is 0. The molecule has 80 heavy (non-hydrogen) atoms. The number of hydrogen-bond acceptors (Lipinski definition) is 0. The van der Waals surface area contributed by atoms with Crippen LogP contribution in [0.15, 0.2) is 231 Å². The Balaban J connectivity index is 0.641. The maximum Gasteiger partial charge on any atom is 0.0215 e. The minimum atomic E-state index is 0.0386. The van der Waals surface area contributed by atoms with Gasteiger partial charge < -0.3 is 0 Å². The highest BCUT2D eigenvalue weighted by Gasteiger charge is 2.45. The van der Waals surface area contributed by atoms with Gasteiger partial charge in [-0.1, -0.05) is 245 Å². The van der Waals surface area contributed by atoms with Crippen molar-refractivity contribution < 1.29 is 0 Å². The lowest BCUT2D eigenvalue weighted by Gasteiger charge is -2.36. The second-order valence-corrected chi connectivity index (χ2v) is 24.4. The van der Waals surface area contributed by atoms with Gasteiger partial charge in [-0.05, 0) is 215 Å². The average Bonchev–Trinajstić information content (AvgIpc) is 4.13. The highest BCUT2D eigenvalue weighted by atomic mass is 14.5. The fraction of sp³-hybridized carbons (Fsp3) is 0.150. The summed E-state index contributed by atoms with van der Waals surface area (Å²) in [5.74, 6) is 0. The highest BCUT2D eigenvalue weighted by Crippen LogP contribution is 2.59. The lowest BCUT2D eigenvalue weighted by Crippen LogP contribution is -2.28. The number of rotatable bonds is 5. The average molecular weight is 1020 g/mol. The smallest absolute Gasteiger partial charge is 0.0215 e. The van der Waals surface area contributed by atoms with E-state index in [9.17, 15) is 0 Å². The van der Waals surface area contributed by atoms with Gasteiger partial charge in [0.15, 0.2) is 0 Å². The minimum Gasteiger partial charge on any atom is -0.0610 e. The lowest BCUT2D eigenvalue weighted by molar-refractivity contribution is 0.353. The van der Waals surface area contributed by atoms with Crippen LogP contribution in [-0.2, 0) is 10.8 Å². The Morgan fingerprint density at radius 1 is 0.200 bits per heavy atom. The predicted molar refractivity (Wildman–Crippen MR) is 340 cm³/mol. The molecule has 0 heteroatoms. The van der Waals surface area contributed by atoms with Crippen LogP contribution in [0.5, 0.6) is 0 Å². The second-order valence-electron chi connectivity index (χ2n) is 24.4. The maximum atomic E-state index is 2.59. The summed E-state index contributed by atoms with van der Waals surface area (Å²) in [5, 5.41) is 16.2. The molecule has 0 N–H and O–H groups in total. The highest BCUT2D eigenvalue weighted by molar-refractivity contribution is 6.27. The van der Waals surface area contributed by atoms with Crippen LogP contribution in [0.4, 0.5) is 0 Å². The van der Waals surface area contributed by atoms with Gasteiger partial charge in [-0.3, -0.25) is 0 Å². The van der Waals surface area contributed by atoms with Crippen molar-refractivity contribution >= 4 is 64.6 Å². The van der Waals surface area contributed by atoms with E-state index in [0.717, 1.165) is 0 Å². The monoisotopic (exact) mass is 1020 g/mol. The molecule has 4 aliphatic rings. The zero-order valence-electron chi connectivity index (χ0n) is 45.0. The van der Waals surface area contributed by atoms with Gasteiger partial charge in [0.05, 0.1) is 0 Å². The summed E-state index contributed by atoms with van der Waals surface area (Å²) in [6, 6.07) is 89.8. The Kier molecular flexibility index (Phi) is 9.49. The van der Waals surface area contributed by atoms with Crippen molar-refractivity contribution in [3.63, 3.8) is 0 Å². The van der Waals surface area contributed by atoms with Crippen molar-refractivity contribution in [1.29, 1.82) is 0 Å². The molecule has 0 heterocycles. The molecule has 0 amide bonds. The fourth-order valence-electron chi connectivity index (χ4n) is 16.8. The van der Waals surface area contributed by atoms with Gasteiger partial charge in [0.2, 0.25) is 0 Å². The van der Waals surface area contributed by atoms with Gasteiger partial charge in [-0.15, -0.1) is 0 Å². The molecule has 14 aromatic carbocycles. The van der Waals surface area contributed by atoms with Gasteiger partial charge in [-0.25, -0.2) is 0 Å². The third-order valence-corrected chi connectivity index (χ3v) is 20.6. The third kappa shape index (κ3) is 6.34. The summed E-state index contributed by atoms with van der Waals surface area (Å²) >= 11 is 0. The predicted octanol–water partition coefficient (Wildman–Crippen LogP) is 22.3. The van der Waals surface area contributed by atoms with Crippen molar-refractivity contribution in [3.05, 3.63) is 253 Å². The summed E-state index contributed by atoms with van der Waals surface area (Å²) in [4.78, 5) is 0. The number of hydrogen-bond donors (Lipinski definition) is 0. The Bertz CT molecular complexity index is 4520. The molecule has 0 bridgehead atoms. The molecule has 14 aromatic rings. The van der Waals surface area contributed by atoms with Gasteiger partial charge >= 0.3 is 0 Å². The second kappa shape index (κ2) is 16.8. The summed E-state index contributed by atoms with van der Waals surface area (Å²) in [5.41, 5.74) is 25.0. The Morgan fingerprint density at radius 2 is 0.463 bits per heavy atom. The van der Waals surface area contributed by atoms with E-state index in [1.807, 2.05) is 0 Å². The Morgan fingerprint density at radius 3 is 0.825 bits per heavy atom. The quantitative estimate of drug-likeness (QED) is 0.151. The largest absolute Gasteiger partial charge is 0.0610 e. The fourth-order valence-corrected chi connectivity index (χ4v) is 16.8. The van der Waals surface area contributed by atoms with Crippen LogP contribution in [0.3, 0.4) is 0 Å². The standard InChI is InChI=1S/C80H58/c1-3-41-79(42-4-1)71-45-59(29-35-65(71)67-37-31-61(47-73(67)79)63-33-25-57-23-21-53-9-7-11-55-27-39-69(63)77(57)75(53)55)51-17-13-49(14-18-51)50-15-19-52(20-16-50)60-30-36-66-68-38-32-62(48-74(68)80(72(66)46-60)43-5-2-6-44-80)64-34-26-58-24-22-54-10-8-12-56-28-40-70(64)78(58)76(54)56/h7-40,45-48H,1-6,41-44H2. The molecule has 2 spiro atoms. The Hall–Kier alpha value is -8.84. The SMILES string of the molecule is c1cc2ccc3ccc(-c4ccc5c(c4)C4(CCCCC4)c4cc(-c6ccc(-c7ccc(-c8ccc9c(c8)C8(CCCCC8)c8cc(-c%10ccc%11ccc%12cccc%13ccc%10c%11c%12%13)ccc8-9)cc7)cc6)ccc4-5)c4ccc(c1)c2c34. The first kappa shape index (κ1) is 45.1. The van der Waals surface area contributed by atoms with Crippen molar-refractivity contribution in [2.45, 2.75) is 75.0 Å². The third-order valence-electron chi connectivity index (χ3n) is 20.6. The molecule has 0 atom stereocenters. The first-order chi connectivity index (χ1) is 39.6. The molecule has 0 nitrogen and oxygen atoms in total. The number of benzene rings is 14. The van der Waals surface area contributed by atoms with Crippen LogP contribution in [-0.4, -0.2) is 0 Å². The van der Waals surface area contributed by atoms with E-state index in [1.165, 1.54) is 229 Å². The van der Waals surface area contributed by atoms with Gasteiger partial charge in [0.1, 0.15) is 0 Å². The van der Waals surface area contributed by atoms with Crippen LogP contribution in [0, 0.1) is 0 Å². The van der Waals surface area contributed by atoms with Gasteiger partial charge in [0.25, 0.3) is 0 Å². The molecule has 2 saturated carbocycles. The van der Waals surface area contributed by atoms with Crippen LogP contribution in [0.25, 0.3) is 143 Å². The zero-order chi connectivity index (χ0) is 52.3. The number of fused-ring (bicyclic) bond motifs is 10. The van der Waals surface area contributed by atoms with Crippen LogP contribution < -0.4 is 0 Å². The van der Waals surface area contributed by atoms with Crippen LogP contribution >= 0.6 is 0 Å². The lowest BCUT2D eigenvalue weighted by atomic mass is 9.67. The van der Waals surface area contributed by atoms with E-state index in [0.29, 0.717) is 0 Å². The van der Waals surface area contributed by atoms with Crippen LogP contribution in [0.2, 0.25) is 0 Å². The van der Waals surface area contributed by atoms with E-state index in [1.54, 1.807) is 0 Å². The van der Waals surface area contributed by atoms with E-state index >= 15 is 0 Å². The molecule has 0 unspecified atom stereocenters. The van der Waals surface area contributed by atoms with Crippen molar-refractivity contribution in [3.8, 4) is 77.9 Å². The molecule has 378 valence electrons. The summed E-state index contributed by atoms with van der Waals surface area (Å²) < 4.78 is 0. The molecule has 0 aromatic heterocycles. The van der Waals surface area contributed by atoms with Crippen molar-refractivity contribution in [2.75, 3.05) is 0 Å². The normalized spacial score (nSPS) is 15.9. The van der Waals surface area contributed by atoms with Crippen molar-refractivity contribution in [2.24, 2.45) is 0 Å². The topological polar surface area (TPSA) is 0 Å². The van der Waals surface area contributed by atoms with Crippen molar-refractivity contribution in [1.82, 2.24) is 0 Å². The first-order valence-electron chi connectivity index (χ1n) is 29.7. The van der Waals surface area contributed by atoms with Crippen LogP contribution in [0.1, 0.15) is 86.5 Å². The van der Waals surface area contributed by atoms with E-state index in [2.05, 4.69) is 231 Å². The zero-order valence-corrected chi connectivity index (χ0v) is 45.0. The first-order valence-corrected chi connectivity index (χ1v) is 29.7. The molecule has 0 aliphatic heterocycles. The molecule has 18 rings (SSSR count). The van der Waals surface area contributed by atoms with E-state index < -0.39 is 0 Å². The molecule has 2 fully saturated rings. The molecule has 0 saturated heterocycles.